The van der Waals surface area contributed by atoms with Gasteiger partial charge in [-0.3, -0.25) is 4.98 Å². The van der Waals surface area contributed by atoms with Crippen LogP contribution in [-0.4, -0.2) is 4.98 Å². The van der Waals surface area contributed by atoms with Crippen molar-refractivity contribution in [3.05, 3.63) is 29.1 Å². The Bertz CT molecular complexity index is 341. The molecule has 0 aromatic carbocycles. The van der Waals surface area contributed by atoms with Crippen LogP contribution in [0, 0.1) is 11.3 Å². The van der Waals surface area contributed by atoms with Crippen molar-refractivity contribution in [2.45, 2.75) is 19.6 Å². The summed E-state index contributed by atoms with van der Waals surface area (Å²) in [6, 6.07) is 4.02. The normalized spacial score (nSPS) is 13.9. The van der Waals surface area contributed by atoms with E-state index in [0.29, 0.717) is 19.6 Å². The van der Waals surface area contributed by atoms with Gasteiger partial charge in [0.2, 0.25) is 0 Å². The fourth-order valence-electron chi connectivity index (χ4n) is 1.29. The zero-order chi connectivity index (χ0) is 8.39. The number of fused-ring (bicyclic) bond motifs is 1. The summed E-state index contributed by atoms with van der Waals surface area (Å²) >= 11 is 0. The predicted molar refractivity (Wildman–Crippen MR) is 42.0 cm³/mol. The van der Waals surface area contributed by atoms with Crippen LogP contribution in [0.1, 0.15) is 16.8 Å². The summed E-state index contributed by atoms with van der Waals surface area (Å²) in [6.07, 6.45) is 2.18. The third-order valence-corrected chi connectivity index (χ3v) is 1.91. The molecule has 1 aromatic rings. The molecule has 0 amide bonds. The van der Waals surface area contributed by atoms with Crippen LogP contribution in [0.5, 0.6) is 0 Å². The van der Waals surface area contributed by atoms with Crippen molar-refractivity contribution in [1.29, 1.82) is 5.26 Å². The maximum atomic E-state index is 8.45. The van der Waals surface area contributed by atoms with Gasteiger partial charge in [0.15, 0.2) is 0 Å². The number of rotatable bonds is 1. The molecule has 1 aliphatic heterocycles. The van der Waals surface area contributed by atoms with Gasteiger partial charge in [-0.2, -0.15) is 5.26 Å². The third-order valence-electron chi connectivity index (χ3n) is 1.91. The molecule has 0 fully saturated rings. The maximum Gasteiger partial charge on any atom is 0.0774 e. The first-order valence-corrected chi connectivity index (χ1v) is 3.81. The third kappa shape index (κ3) is 1.17. The molecule has 0 spiro atoms. The van der Waals surface area contributed by atoms with Crippen molar-refractivity contribution < 1.29 is 4.74 Å². The van der Waals surface area contributed by atoms with Crippen molar-refractivity contribution in [2.24, 2.45) is 0 Å². The molecule has 3 nitrogen and oxygen atoms in total. The van der Waals surface area contributed by atoms with Crippen molar-refractivity contribution in [3.8, 4) is 6.07 Å². The number of hydrogen-bond acceptors (Lipinski definition) is 3. The smallest absolute Gasteiger partial charge is 0.0774 e. The van der Waals surface area contributed by atoms with Crippen LogP contribution in [0.2, 0.25) is 0 Å². The Morgan fingerprint density at radius 1 is 1.50 bits per heavy atom. The van der Waals surface area contributed by atoms with E-state index in [-0.39, 0.29) is 0 Å². The lowest BCUT2D eigenvalue weighted by atomic mass is 10.1. The highest BCUT2D eigenvalue weighted by Crippen LogP contribution is 2.18. The minimum Gasteiger partial charge on any atom is -0.372 e. The highest BCUT2D eigenvalue weighted by atomic mass is 16.5. The van der Waals surface area contributed by atoms with Gasteiger partial charge in [0.1, 0.15) is 0 Å². The highest BCUT2D eigenvalue weighted by molar-refractivity contribution is 5.28. The zero-order valence-corrected chi connectivity index (χ0v) is 6.58. The first-order chi connectivity index (χ1) is 5.90. The van der Waals surface area contributed by atoms with Crippen molar-refractivity contribution in [1.82, 2.24) is 4.98 Å². The van der Waals surface area contributed by atoms with E-state index in [1.165, 1.54) is 5.56 Å². The van der Waals surface area contributed by atoms with Crippen molar-refractivity contribution in [2.75, 3.05) is 0 Å². The second-order valence-corrected chi connectivity index (χ2v) is 2.77. The van der Waals surface area contributed by atoms with Gasteiger partial charge in [-0.05, 0) is 11.6 Å². The molecule has 60 valence electrons. The van der Waals surface area contributed by atoms with E-state index in [0.717, 1.165) is 11.3 Å². The van der Waals surface area contributed by atoms with E-state index in [1.54, 1.807) is 6.20 Å². The number of nitrogens with zero attached hydrogens (tertiary/aromatic N) is 2. The van der Waals surface area contributed by atoms with Crippen LogP contribution in [0.15, 0.2) is 12.3 Å². The second kappa shape index (κ2) is 2.92. The summed E-state index contributed by atoms with van der Waals surface area (Å²) in [4.78, 5) is 4.14. The standard InChI is InChI=1S/C9H8N2O/c10-2-1-9-3-7-5-12-6-8(7)4-11-9/h3-4H,1,5-6H2. The average Bonchev–Trinajstić information content (AvgIpc) is 2.51. The molecule has 0 saturated carbocycles. The summed E-state index contributed by atoms with van der Waals surface area (Å²) in [5.74, 6) is 0. The fourth-order valence-corrected chi connectivity index (χ4v) is 1.29. The van der Waals surface area contributed by atoms with Crippen LogP contribution in [0.3, 0.4) is 0 Å². The molecule has 0 aliphatic carbocycles. The zero-order valence-electron chi connectivity index (χ0n) is 6.58. The molecule has 0 saturated heterocycles. The molecule has 0 N–H and O–H groups in total. The maximum absolute atomic E-state index is 8.45. The summed E-state index contributed by atoms with van der Waals surface area (Å²) < 4.78 is 5.23. The number of pyridine rings is 1. The lowest BCUT2D eigenvalue weighted by molar-refractivity contribution is 0.134. The van der Waals surface area contributed by atoms with E-state index in [2.05, 4.69) is 11.1 Å². The molecular weight excluding hydrogens is 152 g/mol. The van der Waals surface area contributed by atoms with Crippen LogP contribution < -0.4 is 0 Å². The van der Waals surface area contributed by atoms with E-state index >= 15 is 0 Å². The predicted octanol–water partition coefficient (Wildman–Crippen LogP) is 1.18. The second-order valence-electron chi connectivity index (χ2n) is 2.77. The van der Waals surface area contributed by atoms with Gasteiger partial charge in [0, 0.05) is 11.8 Å². The summed E-state index contributed by atoms with van der Waals surface area (Å²) in [5, 5.41) is 8.45. The van der Waals surface area contributed by atoms with Gasteiger partial charge in [-0.25, -0.2) is 0 Å². The molecule has 0 unspecified atom stereocenters. The first-order valence-electron chi connectivity index (χ1n) is 3.81. The fraction of sp³-hybridized carbons (Fsp3) is 0.333. The number of nitriles is 1. The van der Waals surface area contributed by atoms with E-state index in [4.69, 9.17) is 10.00 Å². The van der Waals surface area contributed by atoms with Crippen molar-refractivity contribution in [3.63, 3.8) is 0 Å². The van der Waals surface area contributed by atoms with Gasteiger partial charge >= 0.3 is 0 Å². The van der Waals surface area contributed by atoms with Crippen LogP contribution in [-0.2, 0) is 24.4 Å². The molecule has 12 heavy (non-hydrogen) atoms. The quantitative estimate of drug-likeness (QED) is 0.619. The SMILES string of the molecule is N#CCc1cc2c(cn1)COC2. The Labute approximate surface area is 70.6 Å². The van der Waals surface area contributed by atoms with Gasteiger partial charge < -0.3 is 4.74 Å². The molecule has 2 heterocycles. The van der Waals surface area contributed by atoms with Gasteiger partial charge in [-0.1, -0.05) is 0 Å². The molecule has 3 heteroatoms. The van der Waals surface area contributed by atoms with Crippen LogP contribution in [0.4, 0.5) is 0 Å². The number of hydrogen-bond donors (Lipinski definition) is 0. The van der Waals surface area contributed by atoms with Gasteiger partial charge in [0.05, 0.1) is 31.4 Å². The molecule has 0 radical (unpaired) electrons. The summed E-state index contributed by atoms with van der Waals surface area (Å²) in [6.45, 7) is 1.32. The molecule has 0 atom stereocenters. The molecule has 0 bridgehead atoms. The lowest BCUT2D eigenvalue weighted by Crippen LogP contribution is -1.91. The van der Waals surface area contributed by atoms with Crippen LogP contribution in [0.25, 0.3) is 0 Å². The number of ether oxygens (including phenoxy) is 1. The Kier molecular flexibility index (Phi) is 1.77. The van der Waals surface area contributed by atoms with E-state index in [1.807, 2.05) is 6.07 Å². The Balaban J connectivity index is 2.34. The molecule has 1 aromatic heterocycles. The molecule has 1 aliphatic rings. The number of aromatic nitrogens is 1. The average molecular weight is 160 g/mol. The van der Waals surface area contributed by atoms with Crippen LogP contribution >= 0.6 is 0 Å². The van der Waals surface area contributed by atoms with E-state index < -0.39 is 0 Å². The van der Waals surface area contributed by atoms with E-state index in [9.17, 15) is 0 Å². The minimum absolute atomic E-state index is 0.382. The monoisotopic (exact) mass is 160 g/mol. The topological polar surface area (TPSA) is 45.9 Å². The molecule has 2 rings (SSSR count). The molecular formula is C9H8N2O. The highest BCUT2D eigenvalue weighted by Gasteiger charge is 2.11. The van der Waals surface area contributed by atoms with Gasteiger partial charge in [-0.15, -0.1) is 0 Å². The summed E-state index contributed by atoms with van der Waals surface area (Å²) in [7, 11) is 0. The largest absolute Gasteiger partial charge is 0.372 e. The Morgan fingerprint density at radius 2 is 2.33 bits per heavy atom. The summed E-state index contributed by atoms with van der Waals surface area (Å²) in [5.41, 5.74) is 3.16. The van der Waals surface area contributed by atoms with Crippen molar-refractivity contribution >= 4 is 0 Å². The lowest BCUT2D eigenvalue weighted by Gasteiger charge is -1.97. The van der Waals surface area contributed by atoms with Gasteiger partial charge in [0.25, 0.3) is 0 Å². The minimum atomic E-state index is 0.382. The Morgan fingerprint density at radius 3 is 3.17 bits per heavy atom. The first kappa shape index (κ1) is 7.26. The Hall–Kier alpha value is -1.40.